The van der Waals surface area contributed by atoms with E-state index in [4.69, 9.17) is 11.6 Å². The molecule has 0 spiro atoms. The number of carbonyl (C=O) groups is 5. The molecule has 0 aliphatic carbocycles. The molecule has 48 heavy (non-hydrogen) atoms. The van der Waals surface area contributed by atoms with Crippen molar-refractivity contribution in [3.63, 3.8) is 0 Å². The summed E-state index contributed by atoms with van der Waals surface area (Å²) < 4.78 is 6.39. The third-order valence-electron chi connectivity index (χ3n) is 7.44. The van der Waals surface area contributed by atoms with Crippen molar-refractivity contribution in [3.05, 3.63) is 71.8 Å². The Hall–Kier alpha value is -5.28. The van der Waals surface area contributed by atoms with E-state index in [9.17, 15) is 24.0 Å². The lowest BCUT2D eigenvalue weighted by Crippen LogP contribution is -2.28. The summed E-state index contributed by atoms with van der Waals surface area (Å²) in [6.07, 6.45) is 7.47. The minimum absolute atomic E-state index is 0.139. The van der Waals surface area contributed by atoms with Crippen LogP contribution in [-0.4, -0.2) is 92.8 Å². The predicted octanol–water partition coefficient (Wildman–Crippen LogP) is 2.61. The van der Waals surface area contributed by atoms with E-state index in [-0.39, 0.29) is 35.5 Å². The van der Waals surface area contributed by atoms with Crippen LogP contribution in [0.4, 0.5) is 17.1 Å². The number of anilines is 3. The summed E-state index contributed by atoms with van der Waals surface area (Å²) in [6.45, 7) is 1.38. The Bertz CT molecular complexity index is 1830. The van der Waals surface area contributed by atoms with Gasteiger partial charge in [0.05, 0.1) is 22.7 Å². The van der Waals surface area contributed by atoms with Crippen LogP contribution in [0.1, 0.15) is 54.8 Å². The molecular weight excluding hydrogens is 640 g/mol. The third kappa shape index (κ3) is 8.54. The van der Waals surface area contributed by atoms with Gasteiger partial charge in [0.2, 0.25) is 5.91 Å². The van der Waals surface area contributed by atoms with Crippen molar-refractivity contribution in [2.24, 2.45) is 21.1 Å². The Morgan fingerprint density at radius 1 is 0.688 bits per heavy atom. The van der Waals surface area contributed by atoms with Crippen molar-refractivity contribution >= 4 is 58.2 Å². The Morgan fingerprint density at radius 2 is 1.21 bits per heavy atom. The zero-order valence-electron chi connectivity index (χ0n) is 27.8. The molecule has 5 amide bonds. The largest absolute Gasteiger partial charge is 0.354 e. The highest BCUT2D eigenvalue weighted by Gasteiger charge is 2.21. The van der Waals surface area contributed by atoms with Gasteiger partial charge in [0, 0.05) is 71.8 Å². The molecule has 16 heteroatoms. The summed E-state index contributed by atoms with van der Waals surface area (Å²) in [6, 6.07) is 6.28. The SMILES string of the molecule is CNC(=O)c1cc(NC(=O)c2cc(NC(=O)CCCl)cn2C)cn1-c1cc(C(=O)Nc2cc(C(=O)NCCCN(C)C)n(C)c2)n(C)c1. The van der Waals surface area contributed by atoms with Crippen LogP contribution >= 0.6 is 11.6 Å². The van der Waals surface area contributed by atoms with Gasteiger partial charge < -0.3 is 49.8 Å². The number of amides is 5. The maximum atomic E-state index is 13.3. The normalized spacial score (nSPS) is 11.0. The average Bonchev–Trinajstić information content (AvgIpc) is 3.80. The molecule has 0 fully saturated rings. The standard InChI is InChI=1S/C32H41ClN10O5/c1-34-29(45)27-14-22(38-31(47)25-12-20(16-41(25)5)36-28(44)8-9-33)18-43(27)23-15-26(42(6)19-23)32(48)37-21-13-24(40(4)17-21)30(46)35-10-7-11-39(2)3/h12-19H,7-11H2,1-6H3,(H,34,45)(H,35,46)(H,36,44)(H,37,48)(H,38,47). The number of nitrogens with zero attached hydrogens (tertiary/aromatic N) is 5. The minimum atomic E-state index is -0.464. The summed E-state index contributed by atoms with van der Waals surface area (Å²) in [5.74, 6) is -1.63. The predicted molar refractivity (Wildman–Crippen MR) is 184 cm³/mol. The van der Waals surface area contributed by atoms with Crippen LogP contribution in [0.25, 0.3) is 5.69 Å². The second kappa shape index (κ2) is 15.5. The van der Waals surface area contributed by atoms with Crippen molar-refractivity contribution in [2.45, 2.75) is 12.8 Å². The Labute approximate surface area is 283 Å². The number of nitrogens with one attached hydrogen (secondary N) is 5. The number of alkyl halides is 1. The molecule has 0 unspecified atom stereocenters. The summed E-state index contributed by atoms with van der Waals surface area (Å²) in [4.78, 5) is 66.0. The van der Waals surface area contributed by atoms with Crippen molar-refractivity contribution < 1.29 is 24.0 Å². The van der Waals surface area contributed by atoms with Gasteiger partial charge in [0.25, 0.3) is 23.6 Å². The van der Waals surface area contributed by atoms with Gasteiger partial charge in [-0.1, -0.05) is 0 Å². The first-order chi connectivity index (χ1) is 22.8. The fourth-order valence-electron chi connectivity index (χ4n) is 5.06. The van der Waals surface area contributed by atoms with Crippen molar-refractivity contribution in [1.29, 1.82) is 0 Å². The molecule has 0 saturated heterocycles. The molecule has 0 radical (unpaired) electrons. The van der Waals surface area contributed by atoms with Crippen LogP contribution in [0.2, 0.25) is 0 Å². The second-order valence-corrected chi connectivity index (χ2v) is 11.9. The highest BCUT2D eigenvalue weighted by Crippen LogP contribution is 2.24. The summed E-state index contributed by atoms with van der Waals surface area (Å²) in [5.41, 5.74) is 2.91. The first-order valence-corrected chi connectivity index (χ1v) is 15.7. The van der Waals surface area contributed by atoms with Crippen molar-refractivity contribution in [2.75, 3.05) is 56.1 Å². The van der Waals surface area contributed by atoms with Gasteiger partial charge in [-0.05, 0) is 51.3 Å². The smallest absolute Gasteiger partial charge is 0.272 e. The summed E-state index contributed by atoms with van der Waals surface area (Å²) in [7, 11) is 10.5. The van der Waals surface area contributed by atoms with Crippen LogP contribution in [0.15, 0.2) is 49.1 Å². The van der Waals surface area contributed by atoms with Gasteiger partial charge in [-0.15, -0.1) is 11.6 Å². The van der Waals surface area contributed by atoms with Crippen LogP contribution in [0.5, 0.6) is 0 Å². The van der Waals surface area contributed by atoms with Gasteiger partial charge in [-0.3, -0.25) is 24.0 Å². The Balaban J connectivity index is 1.50. The molecule has 0 aliphatic rings. The molecule has 5 N–H and O–H groups in total. The number of hydrogen-bond acceptors (Lipinski definition) is 6. The average molecular weight is 681 g/mol. The van der Waals surface area contributed by atoms with Crippen LogP contribution < -0.4 is 26.6 Å². The van der Waals surface area contributed by atoms with E-state index in [1.807, 2.05) is 19.0 Å². The molecule has 4 aromatic heterocycles. The van der Waals surface area contributed by atoms with Crippen LogP contribution in [0.3, 0.4) is 0 Å². The lowest BCUT2D eigenvalue weighted by Gasteiger charge is -2.10. The fraction of sp³-hybridized carbons (Fsp3) is 0.344. The number of rotatable bonds is 14. The molecule has 0 bridgehead atoms. The molecule has 0 saturated carbocycles. The van der Waals surface area contributed by atoms with E-state index in [2.05, 4.69) is 26.6 Å². The van der Waals surface area contributed by atoms with Crippen LogP contribution in [0, 0.1) is 0 Å². The summed E-state index contributed by atoms with van der Waals surface area (Å²) >= 11 is 5.63. The molecule has 0 aliphatic heterocycles. The van der Waals surface area contributed by atoms with E-state index in [1.165, 1.54) is 19.2 Å². The fourth-order valence-corrected chi connectivity index (χ4v) is 5.23. The zero-order chi connectivity index (χ0) is 35.1. The molecule has 256 valence electrons. The van der Waals surface area contributed by atoms with Crippen molar-refractivity contribution in [1.82, 2.24) is 33.8 Å². The highest BCUT2D eigenvalue weighted by atomic mass is 35.5. The highest BCUT2D eigenvalue weighted by molar-refractivity contribution is 6.19. The van der Waals surface area contributed by atoms with E-state index in [1.54, 1.807) is 76.3 Å². The van der Waals surface area contributed by atoms with E-state index in [0.29, 0.717) is 40.7 Å². The van der Waals surface area contributed by atoms with Gasteiger partial charge in [-0.25, -0.2) is 0 Å². The van der Waals surface area contributed by atoms with E-state index in [0.717, 1.165) is 13.0 Å². The molecule has 0 aromatic carbocycles. The summed E-state index contributed by atoms with van der Waals surface area (Å²) in [5, 5.41) is 13.8. The number of carbonyl (C=O) groups excluding carboxylic acids is 5. The van der Waals surface area contributed by atoms with Gasteiger partial charge in [0.15, 0.2) is 0 Å². The topological polar surface area (TPSA) is 168 Å². The molecule has 0 atom stereocenters. The molecular formula is C32H41ClN10O5. The third-order valence-corrected chi connectivity index (χ3v) is 7.63. The van der Waals surface area contributed by atoms with Crippen molar-refractivity contribution in [3.8, 4) is 5.69 Å². The lowest BCUT2D eigenvalue weighted by atomic mass is 10.3. The van der Waals surface area contributed by atoms with Gasteiger partial charge >= 0.3 is 0 Å². The minimum Gasteiger partial charge on any atom is -0.354 e. The number of hydrogen-bond donors (Lipinski definition) is 5. The Kier molecular flexibility index (Phi) is 11.5. The maximum absolute atomic E-state index is 13.3. The van der Waals surface area contributed by atoms with E-state index < -0.39 is 17.7 Å². The second-order valence-electron chi connectivity index (χ2n) is 11.5. The maximum Gasteiger partial charge on any atom is 0.272 e. The molecule has 15 nitrogen and oxygen atoms in total. The van der Waals surface area contributed by atoms with E-state index >= 15 is 0 Å². The van der Waals surface area contributed by atoms with Gasteiger partial charge in [0.1, 0.15) is 22.8 Å². The lowest BCUT2D eigenvalue weighted by molar-refractivity contribution is -0.115. The van der Waals surface area contributed by atoms with Gasteiger partial charge in [-0.2, -0.15) is 0 Å². The molecule has 4 rings (SSSR count). The monoisotopic (exact) mass is 680 g/mol. The molecule has 4 aromatic rings. The Morgan fingerprint density at radius 3 is 1.79 bits per heavy atom. The quantitative estimate of drug-likeness (QED) is 0.101. The zero-order valence-corrected chi connectivity index (χ0v) is 28.6. The molecule has 4 heterocycles. The number of halogens is 1. The first-order valence-electron chi connectivity index (χ1n) is 15.2. The van der Waals surface area contributed by atoms with Crippen LogP contribution in [-0.2, 0) is 25.9 Å². The number of aryl methyl sites for hydroxylation is 3. The number of aromatic nitrogens is 4. The first kappa shape index (κ1) is 35.6.